The highest BCUT2D eigenvalue weighted by Crippen LogP contribution is 2.55. The van der Waals surface area contributed by atoms with Crippen molar-refractivity contribution in [2.45, 2.75) is 58.7 Å². The lowest BCUT2D eigenvalue weighted by atomic mass is 9.59. The SMILES string of the molecule is CC1(C)CC(C)(C)CC(O)(c2cnc(C(F)(F)F)s2)C1. The molecule has 20 heavy (non-hydrogen) atoms. The second-order valence-electron chi connectivity index (χ2n) is 7.42. The lowest BCUT2D eigenvalue weighted by molar-refractivity contribution is -0.137. The molecular formula is C14H20F3NOS. The summed E-state index contributed by atoms with van der Waals surface area (Å²) in [5.74, 6) is 0. The van der Waals surface area contributed by atoms with E-state index < -0.39 is 16.8 Å². The Balaban J connectivity index is 2.37. The predicted molar refractivity (Wildman–Crippen MR) is 72.4 cm³/mol. The van der Waals surface area contributed by atoms with Gasteiger partial charge in [-0.3, -0.25) is 0 Å². The highest BCUT2D eigenvalue weighted by molar-refractivity contribution is 7.11. The van der Waals surface area contributed by atoms with Crippen LogP contribution >= 0.6 is 11.3 Å². The van der Waals surface area contributed by atoms with Crippen LogP contribution in [0, 0.1) is 10.8 Å². The van der Waals surface area contributed by atoms with Gasteiger partial charge in [0.05, 0.1) is 4.88 Å². The van der Waals surface area contributed by atoms with Crippen LogP contribution in [0.15, 0.2) is 6.20 Å². The number of aromatic nitrogens is 1. The molecule has 1 N–H and O–H groups in total. The maximum absolute atomic E-state index is 12.7. The van der Waals surface area contributed by atoms with Gasteiger partial charge in [0.25, 0.3) is 0 Å². The van der Waals surface area contributed by atoms with E-state index in [0.29, 0.717) is 29.1 Å². The Labute approximate surface area is 121 Å². The Bertz CT molecular complexity index is 489. The van der Waals surface area contributed by atoms with E-state index >= 15 is 0 Å². The molecule has 0 bridgehead atoms. The molecule has 0 aromatic carbocycles. The van der Waals surface area contributed by atoms with Crippen molar-refractivity contribution in [1.29, 1.82) is 0 Å². The standard InChI is InChI=1S/C14H20F3NOS/c1-11(2)6-12(3,4)8-13(19,7-11)9-5-18-10(20-9)14(15,16)17/h5,19H,6-8H2,1-4H3. The molecule has 0 amide bonds. The third-order valence-corrected chi connectivity index (χ3v) is 4.94. The van der Waals surface area contributed by atoms with Crippen molar-refractivity contribution in [2.75, 3.05) is 0 Å². The first kappa shape index (κ1) is 15.8. The lowest BCUT2D eigenvalue weighted by Crippen LogP contribution is -2.43. The van der Waals surface area contributed by atoms with E-state index in [1.54, 1.807) is 0 Å². The van der Waals surface area contributed by atoms with Crippen LogP contribution in [-0.2, 0) is 11.8 Å². The minimum atomic E-state index is -4.45. The molecule has 1 aromatic rings. The molecule has 2 nitrogen and oxygen atoms in total. The smallest absolute Gasteiger partial charge is 0.384 e. The van der Waals surface area contributed by atoms with Crippen LogP contribution in [0.3, 0.4) is 0 Å². The Hall–Kier alpha value is -0.620. The Morgan fingerprint density at radius 2 is 1.60 bits per heavy atom. The summed E-state index contributed by atoms with van der Waals surface area (Å²) in [5.41, 5.74) is -1.44. The molecule has 0 unspecified atom stereocenters. The zero-order valence-corrected chi connectivity index (χ0v) is 13.0. The number of halogens is 3. The van der Waals surface area contributed by atoms with Gasteiger partial charge >= 0.3 is 6.18 Å². The van der Waals surface area contributed by atoms with E-state index in [4.69, 9.17) is 0 Å². The van der Waals surface area contributed by atoms with E-state index in [0.717, 1.165) is 6.42 Å². The fourth-order valence-corrected chi connectivity index (χ4v) is 4.73. The number of rotatable bonds is 1. The van der Waals surface area contributed by atoms with E-state index in [2.05, 4.69) is 4.98 Å². The molecule has 1 saturated carbocycles. The number of alkyl halides is 3. The van der Waals surface area contributed by atoms with Gasteiger partial charge in [-0.2, -0.15) is 13.2 Å². The molecule has 1 aliphatic rings. The average molecular weight is 307 g/mol. The molecule has 0 radical (unpaired) electrons. The van der Waals surface area contributed by atoms with Gasteiger partial charge < -0.3 is 5.11 Å². The van der Waals surface area contributed by atoms with Gasteiger partial charge in [0.1, 0.15) is 5.60 Å². The van der Waals surface area contributed by atoms with Gasteiger partial charge in [-0.05, 0) is 30.1 Å². The van der Waals surface area contributed by atoms with E-state index in [9.17, 15) is 18.3 Å². The van der Waals surface area contributed by atoms with Gasteiger partial charge in [0.2, 0.25) is 0 Å². The minimum Gasteiger partial charge on any atom is -0.384 e. The van der Waals surface area contributed by atoms with Crippen LogP contribution < -0.4 is 0 Å². The molecule has 0 aliphatic heterocycles. The van der Waals surface area contributed by atoms with Crippen molar-refractivity contribution in [3.63, 3.8) is 0 Å². The summed E-state index contributed by atoms with van der Waals surface area (Å²) < 4.78 is 38.0. The molecule has 1 aliphatic carbocycles. The fraction of sp³-hybridized carbons (Fsp3) is 0.786. The maximum atomic E-state index is 12.7. The summed E-state index contributed by atoms with van der Waals surface area (Å²) in [6, 6.07) is 0. The second kappa shape index (κ2) is 4.44. The Morgan fingerprint density at radius 1 is 1.10 bits per heavy atom. The summed E-state index contributed by atoms with van der Waals surface area (Å²) in [6.07, 6.45) is -1.40. The lowest BCUT2D eigenvalue weighted by Gasteiger charge is -2.49. The maximum Gasteiger partial charge on any atom is 0.443 e. The van der Waals surface area contributed by atoms with Gasteiger partial charge in [-0.25, -0.2) is 4.98 Å². The van der Waals surface area contributed by atoms with Crippen LogP contribution in [0.4, 0.5) is 13.2 Å². The van der Waals surface area contributed by atoms with Crippen LogP contribution in [0.25, 0.3) is 0 Å². The van der Waals surface area contributed by atoms with Crippen molar-refractivity contribution in [3.05, 3.63) is 16.1 Å². The zero-order chi connectivity index (χ0) is 15.4. The van der Waals surface area contributed by atoms with Gasteiger partial charge in [-0.15, -0.1) is 11.3 Å². The van der Waals surface area contributed by atoms with Crippen molar-refractivity contribution < 1.29 is 18.3 Å². The molecular weight excluding hydrogens is 287 g/mol. The van der Waals surface area contributed by atoms with Gasteiger partial charge in [-0.1, -0.05) is 27.7 Å². The monoisotopic (exact) mass is 307 g/mol. The first-order chi connectivity index (χ1) is 8.83. The normalized spacial score (nSPS) is 24.6. The Morgan fingerprint density at radius 3 is 2.00 bits per heavy atom. The number of nitrogens with zero attached hydrogens (tertiary/aromatic N) is 1. The van der Waals surface area contributed by atoms with Crippen molar-refractivity contribution in [3.8, 4) is 0 Å². The zero-order valence-electron chi connectivity index (χ0n) is 12.1. The van der Waals surface area contributed by atoms with E-state index in [-0.39, 0.29) is 10.8 Å². The first-order valence-electron chi connectivity index (χ1n) is 6.59. The van der Waals surface area contributed by atoms with E-state index in [1.165, 1.54) is 6.20 Å². The predicted octanol–water partition coefficient (Wildman–Crippen LogP) is 4.59. The quantitative estimate of drug-likeness (QED) is 0.823. The summed E-state index contributed by atoms with van der Waals surface area (Å²) >= 11 is 0.561. The third-order valence-electron chi connectivity index (χ3n) is 3.71. The number of thiazole rings is 1. The molecule has 6 heteroatoms. The third kappa shape index (κ3) is 3.17. The van der Waals surface area contributed by atoms with Gasteiger partial charge in [0.15, 0.2) is 5.01 Å². The summed E-state index contributed by atoms with van der Waals surface area (Å²) in [6.45, 7) is 8.18. The minimum absolute atomic E-state index is 0.112. The van der Waals surface area contributed by atoms with Gasteiger partial charge in [0, 0.05) is 6.20 Å². The van der Waals surface area contributed by atoms with Crippen molar-refractivity contribution in [1.82, 2.24) is 4.98 Å². The molecule has 1 fully saturated rings. The van der Waals surface area contributed by atoms with Crippen LogP contribution in [0.5, 0.6) is 0 Å². The topological polar surface area (TPSA) is 33.1 Å². The molecule has 1 heterocycles. The highest BCUT2D eigenvalue weighted by atomic mass is 32.1. The molecule has 0 spiro atoms. The van der Waals surface area contributed by atoms with Crippen LogP contribution in [-0.4, -0.2) is 10.1 Å². The molecule has 2 rings (SSSR count). The number of hydrogen-bond donors (Lipinski definition) is 1. The summed E-state index contributed by atoms with van der Waals surface area (Å²) in [5, 5.41) is 10.0. The van der Waals surface area contributed by atoms with Crippen LogP contribution in [0.2, 0.25) is 0 Å². The number of hydrogen-bond acceptors (Lipinski definition) is 3. The van der Waals surface area contributed by atoms with Crippen molar-refractivity contribution >= 4 is 11.3 Å². The Kier molecular flexibility index (Phi) is 3.50. The summed E-state index contributed by atoms with van der Waals surface area (Å²) in [4.78, 5) is 3.76. The second-order valence-corrected chi connectivity index (χ2v) is 8.45. The molecule has 114 valence electrons. The molecule has 1 aromatic heterocycles. The molecule has 0 atom stereocenters. The van der Waals surface area contributed by atoms with Crippen molar-refractivity contribution in [2.24, 2.45) is 10.8 Å². The highest BCUT2D eigenvalue weighted by Gasteiger charge is 2.49. The van der Waals surface area contributed by atoms with Crippen LogP contribution in [0.1, 0.15) is 56.8 Å². The molecule has 0 saturated heterocycles. The number of aliphatic hydroxyl groups is 1. The largest absolute Gasteiger partial charge is 0.443 e. The first-order valence-corrected chi connectivity index (χ1v) is 7.41. The average Bonchev–Trinajstić information content (AvgIpc) is 2.58. The summed E-state index contributed by atoms with van der Waals surface area (Å²) in [7, 11) is 0. The fourth-order valence-electron chi connectivity index (χ4n) is 3.86. The van der Waals surface area contributed by atoms with E-state index in [1.807, 2.05) is 27.7 Å².